The van der Waals surface area contributed by atoms with Crippen LogP contribution in [0.2, 0.25) is 0 Å². The van der Waals surface area contributed by atoms with Gasteiger partial charge in [-0.15, -0.1) is 11.3 Å². The van der Waals surface area contributed by atoms with Crippen molar-refractivity contribution >= 4 is 80.5 Å². The molecule has 56 heavy (non-hydrogen) atoms. The van der Waals surface area contributed by atoms with Gasteiger partial charge in [0.25, 0.3) is 0 Å². The number of pyridine rings is 1. The van der Waals surface area contributed by atoms with Crippen LogP contribution >= 0.6 is 11.3 Å². The van der Waals surface area contributed by atoms with Gasteiger partial charge in [-0.3, -0.25) is 4.40 Å². The second-order valence-electron chi connectivity index (χ2n) is 14.3. The Hall–Kier alpha value is -7.28. The van der Waals surface area contributed by atoms with Gasteiger partial charge in [0.15, 0.2) is 17.5 Å². The second kappa shape index (κ2) is 12.1. The normalized spacial score (nSPS) is 11.9. The molecule has 12 rings (SSSR count). The van der Waals surface area contributed by atoms with Gasteiger partial charge in [-0.25, -0.2) is 19.9 Å². The molecule has 0 N–H and O–H groups in total. The van der Waals surface area contributed by atoms with Gasteiger partial charge in [-0.1, -0.05) is 127 Å². The minimum Gasteiger partial charge on any atom is -0.299 e. The molecule has 0 atom stereocenters. The summed E-state index contributed by atoms with van der Waals surface area (Å²) in [6, 6.07) is 60.0. The zero-order valence-corrected chi connectivity index (χ0v) is 30.7. The molecule has 0 amide bonds. The van der Waals surface area contributed by atoms with Gasteiger partial charge in [0.05, 0.1) is 11.0 Å². The summed E-state index contributed by atoms with van der Waals surface area (Å²) < 4.78 is 4.74. The molecular weight excluding hydrogens is 703 g/mol. The topological polar surface area (TPSA) is 56.0 Å². The zero-order valence-electron chi connectivity index (χ0n) is 29.9. The van der Waals surface area contributed by atoms with Crippen molar-refractivity contribution in [1.29, 1.82) is 0 Å². The number of rotatable bonds is 4. The quantitative estimate of drug-likeness (QED) is 0.169. The van der Waals surface area contributed by atoms with Gasteiger partial charge in [0.2, 0.25) is 0 Å². The van der Waals surface area contributed by atoms with Crippen molar-refractivity contribution in [2.75, 3.05) is 0 Å². The largest absolute Gasteiger partial charge is 0.299 e. The summed E-state index contributed by atoms with van der Waals surface area (Å²) >= 11 is 1.81. The number of thiophene rings is 1. The Kier molecular flexibility index (Phi) is 6.73. The molecule has 0 aliphatic rings. The van der Waals surface area contributed by atoms with Crippen molar-refractivity contribution in [2.24, 2.45) is 0 Å². The molecule has 260 valence electrons. The van der Waals surface area contributed by atoms with E-state index in [2.05, 4.69) is 162 Å². The first-order chi connectivity index (χ1) is 27.7. The lowest BCUT2D eigenvalue weighted by molar-refractivity contribution is 1.07. The molecule has 0 aliphatic carbocycles. The molecule has 4 aromatic heterocycles. The van der Waals surface area contributed by atoms with Gasteiger partial charge >= 0.3 is 0 Å². The van der Waals surface area contributed by atoms with Gasteiger partial charge in [-0.05, 0) is 75.1 Å². The van der Waals surface area contributed by atoms with E-state index in [1.807, 2.05) is 29.5 Å². The van der Waals surface area contributed by atoms with Crippen LogP contribution in [0.1, 0.15) is 0 Å². The number of nitrogens with zero attached hydrogens (tertiary/aromatic N) is 5. The van der Waals surface area contributed by atoms with E-state index in [1.165, 1.54) is 47.1 Å². The summed E-state index contributed by atoms with van der Waals surface area (Å²) in [6.07, 6.45) is 2.11. The van der Waals surface area contributed by atoms with Crippen LogP contribution in [0.5, 0.6) is 0 Å². The maximum absolute atomic E-state index is 5.14. The Morgan fingerprint density at radius 3 is 1.86 bits per heavy atom. The molecule has 12 aromatic rings. The predicted octanol–water partition coefficient (Wildman–Crippen LogP) is 13.2. The van der Waals surface area contributed by atoms with Crippen molar-refractivity contribution in [3.8, 4) is 45.3 Å². The van der Waals surface area contributed by atoms with E-state index in [1.54, 1.807) is 0 Å². The maximum atomic E-state index is 5.14. The molecule has 0 radical (unpaired) electrons. The van der Waals surface area contributed by atoms with E-state index in [0.717, 1.165) is 49.9 Å². The summed E-state index contributed by atoms with van der Waals surface area (Å²) in [6.45, 7) is 0. The monoisotopic (exact) mass is 731 g/mol. The van der Waals surface area contributed by atoms with Crippen molar-refractivity contribution in [1.82, 2.24) is 24.3 Å². The molecule has 6 heteroatoms. The molecule has 0 saturated heterocycles. The second-order valence-corrected chi connectivity index (χ2v) is 15.4. The lowest BCUT2D eigenvalue weighted by atomic mass is 9.92. The number of benzene rings is 8. The van der Waals surface area contributed by atoms with Crippen LogP contribution in [0.3, 0.4) is 0 Å². The van der Waals surface area contributed by atoms with Gasteiger partial charge < -0.3 is 0 Å². The molecular formula is C50H29N5S. The number of fused-ring (bicyclic) bond motifs is 13. The van der Waals surface area contributed by atoms with Crippen LogP contribution in [-0.2, 0) is 0 Å². The summed E-state index contributed by atoms with van der Waals surface area (Å²) in [5.74, 6) is 1.95. The van der Waals surface area contributed by atoms with Crippen LogP contribution in [0.4, 0.5) is 0 Å². The minimum atomic E-state index is 0.640. The van der Waals surface area contributed by atoms with E-state index in [0.29, 0.717) is 17.5 Å². The lowest BCUT2D eigenvalue weighted by Gasteiger charge is -2.13. The number of aromatic nitrogens is 5. The summed E-state index contributed by atoms with van der Waals surface area (Å²) in [5.41, 5.74) is 8.21. The highest BCUT2D eigenvalue weighted by Crippen LogP contribution is 2.41. The first kappa shape index (κ1) is 31.1. The van der Waals surface area contributed by atoms with Crippen molar-refractivity contribution in [3.63, 3.8) is 0 Å². The van der Waals surface area contributed by atoms with Gasteiger partial charge in [0.1, 0.15) is 5.65 Å². The van der Waals surface area contributed by atoms with E-state index >= 15 is 0 Å². The average Bonchev–Trinajstić information content (AvgIpc) is 3.85. The molecule has 0 aliphatic heterocycles. The zero-order chi connectivity index (χ0) is 36.7. The SMILES string of the molecule is c1ccc(-c2nc(-c3ccc(-c4ccc5c(c4)c4c6ccccc6ccc4c4nc6ccccn6c54)cc3)nc(-c3ccc4sc5ccccc5c4c3)n2)cc1. The van der Waals surface area contributed by atoms with Gasteiger partial charge in [0, 0.05) is 53.8 Å². The van der Waals surface area contributed by atoms with Crippen LogP contribution in [0.15, 0.2) is 176 Å². The summed E-state index contributed by atoms with van der Waals surface area (Å²) in [7, 11) is 0. The van der Waals surface area contributed by atoms with Crippen LogP contribution in [0.25, 0.3) is 114 Å². The smallest absolute Gasteiger partial charge is 0.164 e. The Labute approximate surface area is 324 Å². The van der Waals surface area contributed by atoms with E-state index < -0.39 is 0 Å². The molecule has 0 spiro atoms. The summed E-state index contributed by atoms with van der Waals surface area (Å²) in [5, 5.41) is 9.70. The Balaban J connectivity index is 1.01. The van der Waals surface area contributed by atoms with Crippen molar-refractivity contribution < 1.29 is 0 Å². The first-order valence-corrected chi connectivity index (χ1v) is 19.5. The average molecular weight is 732 g/mol. The lowest BCUT2D eigenvalue weighted by Crippen LogP contribution is -2.00. The van der Waals surface area contributed by atoms with Crippen LogP contribution in [0, 0.1) is 0 Å². The highest BCUT2D eigenvalue weighted by molar-refractivity contribution is 7.25. The fraction of sp³-hybridized carbons (Fsp3) is 0. The molecule has 0 saturated carbocycles. The molecule has 0 bridgehead atoms. The molecule has 4 heterocycles. The van der Waals surface area contributed by atoms with Crippen LogP contribution < -0.4 is 0 Å². The van der Waals surface area contributed by atoms with Gasteiger partial charge in [-0.2, -0.15) is 0 Å². The van der Waals surface area contributed by atoms with E-state index in [9.17, 15) is 0 Å². The van der Waals surface area contributed by atoms with Crippen LogP contribution in [-0.4, -0.2) is 24.3 Å². The standard InChI is InChI=1S/C50H29N5S/c1-2-11-32(12-3-1)48-52-49(54-50(53-48)35-23-26-43-40(29-35)37-14-6-7-15-42(37)56-43)33-19-17-30(18-20-33)34-22-24-38-41(28-34)45-36-13-5-4-10-31(36)21-25-39(45)46-47(38)55-27-9-8-16-44(55)51-46/h1-29H. The fourth-order valence-electron chi connectivity index (χ4n) is 8.36. The Morgan fingerprint density at radius 2 is 1.00 bits per heavy atom. The Morgan fingerprint density at radius 1 is 0.375 bits per heavy atom. The number of imidazole rings is 1. The van der Waals surface area contributed by atoms with Crippen molar-refractivity contribution in [2.45, 2.75) is 0 Å². The summed E-state index contributed by atoms with van der Waals surface area (Å²) in [4.78, 5) is 20.3. The fourth-order valence-corrected chi connectivity index (χ4v) is 9.45. The number of hydrogen-bond donors (Lipinski definition) is 0. The molecule has 5 nitrogen and oxygen atoms in total. The predicted molar refractivity (Wildman–Crippen MR) is 233 cm³/mol. The maximum Gasteiger partial charge on any atom is 0.164 e. The van der Waals surface area contributed by atoms with E-state index in [4.69, 9.17) is 19.9 Å². The third-order valence-corrected chi connectivity index (χ3v) is 12.2. The molecule has 0 unspecified atom stereocenters. The van der Waals surface area contributed by atoms with E-state index in [-0.39, 0.29) is 0 Å². The third-order valence-electron chi connectivity index (χ3n) is 11.0. The molecule has 8 aromatic carbocycles. The minimum absolute atomic E-state index is 0.640. The first-order valence-electron chi connectivity index (χ1n) is 18.7. The van der Waals surface area contributed by atoms with Crippen molar-refractivity contribution in [3.05, 3.63) is 176 Å². The molecule has 0 fully saturated rings. The Bertz CT molecular complexity index is 3530. The number of hydrogen-bond acceptors (Lipinski definition) is 5. The third kappa shape index (κ3) is 4.79. The highest BCUT2D eigenvalue weighted by atomic mass is 32.1. The highest BCUT2D eigenvalue weighted by Gasteiger charge is 2.18.